The van der Waals surface area contributed by atoms with Gasteiger partial charge in [0, 0.05) is 42.7 Å². The number of hydrogen-bond donors (Lipinski definition) is 0. The van der Waals surface area contributed by atoms with E-state index in [4.69, 9.17) is 0 Å². The summed E-state index contributed by atoms with van der Waals surface area (Å²) in [6.45, 7) is 4.33. The molecule has 0 radical (unpaired) electrons. The highest BCUT2D eigenvalue weighted by Gasteiger charge is 2.15. The van der Waals surface area contributed by atoms with Crippen LogP contribution in [-0.4, -0.2) is 33.3 Å². The Morgan fingerprint density at radius 1 is 1.17 bits per heavy atom. The summed E-state index contributed by atoms with van der Waals surface area (Å²) >= 11 is 1.93. The summed E-state index contributed by atoms with van der Waals surface area (Å²) in [7, 11) is 0. The molecule has 1 aromatic heterocycles. The number of benzene rings is 1. The van der Waals surface area contributed by atoms with Crippen LogP contribution in [0, 0.1) is 0 Å². The Kier molecular flexibility index (Phi) is 3.67. The van der Waals surface area contributed by atoms with E-state index < -0.39 is 0 Å². The molecule has 0 atom stereocenters. The molecule has 0 saturated heterocycles. The fourth-order valence-electron chi connectivity index (χ4n) is 2.22. The summed E-state index contributed by atoms with van der Waals surface area (Å²) in [6.07, 6.45) is 3.98. The zero-order valence-electron chi connectivity index (χ0n) is 10.3. The molecule has 18 heavy (non-hydrogen) atoms. The van der Waals surface area contributed by atoms with Gasteiger partial charge in [0.15, 0.2) is 0 Å². The molecule has 0 N–H and O–H groups in total. The van der Waals surface area contributed by atoms with Crippen molar-refractivity contribution in [3.05, 3.63) is 48.5 Å². The van der Waals surface area contributed by atoms with E-state index in [0.717, 1.165) is 31.9 Å². The highest BCUT2D eigenvalue weighted by Crippen LogP contribution is 2.18. The van der Waals surface area contributed by atoms with E-state index in [0.29, 0.717) is 0 Å². The Morgan fingerprint density at radius 2 is 2.06 bits per heavy atom. The lowest BCUT2D eigenvalue weighted by atomic mass is 10.3. The standard InChI is InChI=1S/C14H17N3S/c1-2-4-13(5-3-1)18-11-10-16-8-9-17-7-6-15-14(17)12-16/h1-7H,8-12H2. The van der Waals surface area contributed by atoms with Crippen LogP contribution in [-0.2, 0) is 13.1 Å². The first-order valence-corrected chi connectivity index (χ1v) is 7.30. The maximum atomic E-state index is 4.39. The van der Waals surface area contributed by atoms with Gasteiger partial charge in [0.1, 0.15) is 5.82 Å². The monoisotopic (exact) mass is 259 g/mol. The molecular formula is C14H17N3S. The normalized spacial score (nSPS) is 15.6. The molecule has 0 saturated carbocycles. The van der Waals surface area contributed by atoms with E-state index in [1.54, 1.807) is 0 Å². The first-order valence-electron chi connectivity index (χ1n) is 6.32. The van der Waals surface area contributed by atoms with Crippen molar-refractivity contribution in [1.29, 1.82) is 0 Å². The van der Waals surface area contributed by atoms with Crippen LogP contribution in [0.3, 0.4) is 0 Å². The van der Waals surface area contributed by atoms with Crippen LogP contribution in [0.1, 0.15) is 5.82 Å². The van der Waals surface area contributed by atoms with Crippen LogP contribution < -0.4 is 0 Å². The van der Waals surface area contributed by atoms with Gasteiger partial charge in [0.05, 0.1) is 6.54 Å². The molecular weight excluding hydrogens is 242 g/mol. The topological polar surface area (TPSA) is 21.1 Å². The van der Waals surface area contributed by atoms with Gasteiger partial charge in [-0.05, 0) is 12.1 Å². The maximum absolute atomic E-state index is 4.39. The Balaban J connectivity index is 1.48. The van der Waals surface area contributed by atoms with E-state index in [-0.39, 0.29) is 0 Å². The third kappa shape index (κ3) is 2.76. The van der Waals surface area contributed by atoms with Gasteiger partial charge in [0.2, 0.25) is 0 Å². The smallest absolute Gasteiger partial charge is 0.122 e. The Hall–Kier alpha value is -1.26. The number of imidazole rings is 1. The lowest BCUT2D eigenvalue weighted by molar-refractivity contribution is 0.230. The van der Waals surface area contributed by atoms with Crippen molar-refractivity contribution < 1.29 is 0 Å². The summed E-state index contributed by atoms with van der Waals surface area (Å²) in [5, 5.41) is 0. The number of hydrogen-bond acceptors (Lipinski definition) is 3. The molecule has 2 aromatic rings. The molecule has 94 valence electrons. The molecule has 0 fully saturated rings. The molecule has 1 aliphatic rings. The van der Waals surface area contributed by atoms with Crippen LogP contribution in [0.2, 0.25) is 0 Å². The van der Waals surface area contributed by atoms with E-state index in [2.05, 4.69) is 51.0 Å². The zero-order valence-corrected chi connectivity index (χ0v) is 11.1. The van der Waals surface area contributed by atoms with Crippen LogP contribution >= 0.6 is 11.8 Å². The van der Waals surface area contributed by atoms with Crippen LogP contribution in [0.4, 0.5) is 0 Å². The largest absolute Gasteiger partial charge is 0.333 e. The van der Waals surface area contributed by atoms with Gasteiger partial charge in [-0.3, -0.25) is 4.90 Å². The fourth-order valence-corrected chi connectivity index (χ4v) is 3.16. The molecule has 0 bridgehead atoms. The van der Waals surface area contributed by atoms with E-state index in [9.17, 15) is 0 Å². The molecule has 4 heteroatoms. The van der Waals surface area contributed by atoms with Gasteiger partial charge >= 0.3 is 0 Å². The van der Waals surface area contributed by atoms with E-state index in [1.165, 1.54) is 10.7 Å². The number of nitrogens with zero attached hydrogens (tertiary/aromatic N) is 3. The molecule has 1 aromatic carbocycles. The number of aromatic nitrogens is 2. The molecule has 0 aliphatic carbocycles. The Labute approximate surface area is 112 Å². The van der Waals surface area contributed by atoms with Gasteiger partial charge in [-0.2, -0.15) is 0 Å². The predicted molar refractivity (Wildman–Crippen MR) is 74.7 cm³/mol. The predicted octanol–water partition coefficient (Wildman–Crippen LogP) is 2.49. The van der Waals surface area contributed by atoms with Gasteiger partial charge in [-0.1, -0.05) is 18.2 Å². The molecule has 3 rings (SSSR count). The maximum Gasteiger partial charge on any atom is 0.122 e. The summed E-state index contributed by atoms with van der Waals surface area (Å²) in [5.41, 5.74) is 0. The summed E-state index contributed by atoms with van der Waals surface area (Å²) in [5.74, 6) is 2.34. The second kappa shape index (κ2) is 5.59. The fraction of sp³-hybridized carbons (Fsp3) is 0.357. The number of rotatable bonds is 4. The summed E-state index contributed by atoms with van der Waals surface area (Å²) in [6, 6.07) is 10.6. The van der Waals surface area contributed by atoms with Crippen LogP contribution in [0.5, 0.6) is 0 Å². The summed E-state index contributed by atoms with van der Waals surface area (Å²) < 4.78 is 2.25. The van der Waals surface area contributed by atoms with Crippen LogP contribution in [0.15, 0.2) is 47.6 Å². The second-order valence-corrected chi connectivity index (χ2v) is 5.64. The van der Waals surface area contributed by atoms with Crippen molar-refractivity contribution in [2.45, 2.75) is 18.0 Å². The first-order chi connectivity index (χ1) is 8.92. The van der Waals surface area contributed by atoms with Gasteiger partial charge in [-0.15, -0.1) is 11.8 Å². The third-order valence-corrected chi connectivity index (χ3v) is 4.24. The van der Waals surface area contributed by atoms with Crippen molar-refractivity contribution >= 4 is 11.8 Å². The Morgan fingerprint density at radius 3 is 2.94 bits per heavy atom. The van der Waals surface area contributed by atoms with Crippen LogP contribution in [0.25, 0.3) is 0 Å². The Bertz CT molecular complexity index is 495. The molecule has 0 unspecified atom stereocenters. The number of fused-ring (bicyclic) bond motifs is 1. The lowest BCUT2D eigenvalue weighted by Gasteiger charge is -2.27. The highest BCUT2D eigenvalue weighted by molar-refractivity contribution is 7.99. The summed E-state index contributed by atoms with van der Waals surface area (Å²) in [4.78, 5) is 8.23. The van der Waals surface area contributed by atoms with Gasteiger partial charge in [-0.25, -0.2) is 4.98 Å². The average molecular weight is 259 g/mol. The molecule has 0 spiro atoms. The zero-order chi connectivity index (χ0) is 12.2. The average Bonchev–Trinajstić information content (AvgIpc) is 2.87. The van der Waals surface area contributed by atoms with Crippen molar-refractivity contribution in [1.82, 2.24) is 14.5 Å². The van der Waals surface area contributed by atoms with Crippen molar-refractivity contribution in [2.24, 2.45) is 0 Å². The minimum absolute atomic E-state index is 0.988. The van der Waals surface area contributed by atoms with E-state index in [1.807, 2.05) is 18.0 Å². The molecule has 3 nitrogen and oxygen atoms in total. The third-order valence-electron chi connectivity index (χ3n) is 3.24. The quantitative estimate of drug-likeness (QED) is 0.787. The van der Waals surface area contributed by atoms with Gasteiger partial charge < -0.3 is 4.57 Å². The van der Waals surface area contributed by atoms with Gasteiger partial charge in [0.25, 0.3) is 0 Å². The SMILES string of the molecule is c1ccc(SCCN2CCn3ccnc3C2)cc1. The minimum atomic E-state index is 0.988. The lowest BCUT2D eigenvalue weighted by Crippen LogP contribution is -2.35. The molecule has 0 amide bonds. The molecule has 1 aliphatic heterocycles. The highest BCUT2D eigenvalue weighted by atomic mass is 32.2. The molecule has 2 heterocycles. The first kappa shape index (κ1) is 11.8. The van der Waals surface area contributed by atoms with Crippen molar-refractivity contribution in [3.8, 4) is 0 Å². The number of thioether (sulfide) groups is 1. The second-order valence-electron chi connectivity index (χ2n) is 4.47. The van der Waals surface area contributed by atoms with E-state index >= 15 is 0 Å². The van der Waals surface area contributed by atoms with Crippen molar-refractivity contribution in [2.75, 3.05) is 18.8 Å². The minimum Gasteiger partial charge on any atom is -0.333 e. The van der Waals surface area contributed by atoms with Crippen molar-refractivity contribution in [3.63, 3.8) is 0 Å².